The van der Waals surface area contributed by atoms with Crippen molar-refractivity contribution in [2.75, 3.05) is 30.8 Å². The lowest BCUT2D eigenvalue weighted by atomic mass is 10.2. The van der Waals surface area contributed by atoms with E-state index in [2.05, 4.69) is 10.6 Å². The Labute approximate surface area is 190 Å². The average Bonchev–Trinajstić information content (AvgIpc) is 2.72. The van der Waals surface area contributed by atoms with Crippen LogP contribution in [-0.4, -0.2) is 36.9 Å². The Morgan fingerprint density at radius 3 is 2.13 bits per heavy atom. The van der Waals surface area contributed by atoms with Crippen molar-refractivity contribution in [3.8, 4) is 11.5 Å². The first kappa shape index (κ1) is 22.6. The number of carbonyl (C=O) groups is 2. The molecule has 0 aliphatic heterocycles. The number of hydrogen-bond donors (Lipinski definition) is 2. The van der Waals surface area contributed by atoms with E-state index in [0.29, 0.717) is 32.9 Å². The van der Waals surface area contributed by atoms with Crippen molar-refractivity contribution in [3.63, 3.8) is 0 Å². The number of carbonyl (C=O) groups excluding carboxylic acids is 2. The minimum Gasteiger partial charge on any atom is -0.455 e. The van der Waals surface area contributed by atoms with Crippen LogP contribution < -0.4 is 15.4 Å². The molecule has 0 aliphatic rings. The second-order valence-electron chi connectivity index (χ2n) is 6.80. The molecule has 3 aromatic rings. The molecule has 0 heterocycles. The molecule has 0 atom stereocenters. The van der Waals surface area contributed by atoms with Crippen molar-refractivity contribution in [1.82, 2.24) is 4.90 Å². The number of halogens is 2. The van der Waals surface area contributed by atoms with Crippen LogP contribution in [0.15, 0.2) is 72.8 Å². The standard InChI is InChI=1S/C23H21Cl2N3O3/c1-28(14-22(29)26-19-10-6-5-9-18(19)25)15-23(30)27-20-13-16(24)11-12-21(20)31-17-7-3-2-4-8-17/h2-13H,14-15H2,1H3,(H,26,29)(H,27,30). The number of hydrogen-bond acceptors (Lipinski definition) is 4. The Morgan fingerprint density at radius 2 is 1.45 bits per heavy atom. The largest absolute Gasteiger partial charge is 0.455 e. The Kier molecular flexibility index (Phi) is 7.89. The predicted molar refractivity (Wildman–Crippen MR) is 124 cm³/mol. The Balaban J connectivity index is 1.58. The van der Waals surface area contributed by atoms with Crippen LogP contribution in [0, 0.1) is 0 Å². The third kappa shape index (κ3) is 7.00. The van der Waals surface area contributed by atoms with E-state index in [4.69, 9.17) is 27.9 Å². The number of nitrogens with zero attached hydrogens (tertiary/aromatic N) is 1. The molecule has 0 aromatic heterocycles. The van der Waals surface area contributed by atoms with E-state index < -0.39 is 0 Å². The van der Waals surface area contributed by atoms with Gasteiger partial charge in [-0.15, -0.1) is 0 Å². The van der Waals surface area contributed by atoms with Gasteiger partial charge in [-0.2, -0.15) is 0 Å². The summed E-state index contributed by atoms with van der Waals surface area (Å²) in [6.07, 6.45) is 0. The molecular formula is C23H21Cl2N3O3. The van der Waals surface area contributed by atoms with Crippen LogP contribution in [0.4, 0.5) is 11.4 Å². The fraction of sp³-hybridized carbons (Fsp3) is 0.130. The summed E-state index contributed by atoms with van der Waals surface area (Å²) in [7, 11) is 1.67. The van der Waals surface area contributed by atoms with Gasteiger partial charge in [-0.05, 0) is 49.5 Å². The second kappa shape index (κ2) is 10.8. The first-order valence-electron chi connectivity index (χ1n) is 9.46. The van der Waals surface area contributed by atoms with Gasteiger partial charge in [-0.1, -0.05) is 53.5 Å². The van der Waals surface area contributed by atoms with Crippen molar-refractivity contribution in [2.45, 2.75) is 0 Å². The van der Waals surface area contributed by atoms with Gasteiger partial charge in [0.2, 0.25) is 11.8 Å². The highest BCUT2D eigenvalue weighted by Crippen LogP contribution is 2.32. The summed E-state index contributed by atoms with van der Waals surface area (Å²) >= 11 is 12.1. The number of para-hydroxylation sites is 2. The molecule has 0 unspecified atom stereocenters. The summed E-state index contributed by atoms with van der Waals surface area (Å²) in [5.74, 6) is 0.504. The molecule has 160 valence electrons. The van der Waals surface area contributed by atoms with Gasteiger partial charge in [0.05, 0.1) is 29.5 Å². The monoisotopic (exact) mass is 457 g/mol. The number of benzene rings is 3. The first-order valence-corrected chi connectivity index (χ1v) is 10.2. The SMILES string of the molecule is CN(CC(=O)Nc1ccccc1Cl)CC(=O)Nc1cc(Cl)ccc1Oc1ccccc1. The number of rotatable bonds is 8. The predicted octanol–water partition coefficient (Wildman–Crippen LogP) is 5.29. The molecule has 3 rings (SSSR count). The van der Waals surface area contributed by atoms with Crippen molar-refractivity contribution < 1.29 is 14.3 Å². The van der Waals surface area contributed by atoms with Crippen molar-refractivity contribution in [2.24, 2.45) is 0 Å². The third-order valence-electron chi connectivity index (χ3n) is 4.16. The average molecular weight is 458 g/mol. The number of likely N-dealkylation sites (N-methyl/N-ethyl adjacent to an activating group) is 1. The summed E-state index contributed by atoms with van der Waals surface area (Å²) in [6.45, 7) is 0.00872. The van der Waals surface area contributed by atoms with Crippen LogP contribution in [0.25, 0.3) is 0 Å². The molecule has 3 aromatic carbocycles. The van der Waals surface area contributed by atoms with E-state index in [1.54, 1.807) is 54.4 Å². The lowest BCUT2D eigenvalue weighted by molar-refractivity contribution is -0.119. The van der Waals surface area contributed by atoms with Gasteiger partial charge in [-0.25, -0.2) is 0 Å². The number of anilines is 2. The summed E-state index contributed by atoms with van der Waals surface area (Å²) in [5.41, 5.74) is 0.962. The molecule has 2 N–H and O–H groups in total. The summed E-state index contributed by atoms with van der Waals surface area (Å²) in [4.78, 5) is 26.4. The maximum absolute atomic E-state index is 12.5. The first-order chi connectivity index (χ1) is 14.9. The summed E-state index contributed by atoms with van der Waals surface area (Å²) in [5, 5.41) is 6.43. The van der Waals surface area contributed by atoms with Gasteiger partial charge >= 0.3 is 0 Å². The van der Waals surface area contributed by atoms with Gasteiger partial charge < -0.3 is 15.4 Å². The van der Waals surface area contributed by atoms with E-state index in [0.717, 1.165) is 0 Å². The lowest BCUT2D eigenvalue weighted by Crippen LogP contribution is -2.36. The molecule has 0 spiro atoms. The van der Waals surface area contributed by atoms with E-state index in [-0.39, 0.29) is 24.9 Å². The molecular weight excluding hydrogens is 437 g/mol. The second-order valence-corrected chi connectivity index (χ2v) is 7.65. The highest BCUT2D eigenvalue weighted by Gasteiger charge is 2.14. The van der Waals surface area contributed by atoms with E-state index >= 15 is 0 Å². The molecule has 0 bridgehead atoms. The van der Waals surface area contributed by atoms with E-state index in [1.165, 1.54) is 0 Å². The van der Waals surface area contributed by atoms with Crippen molar-refractivity contribution in [1.29, 1.82) is 0 Å². The minimum atomic E-state index is -0.312. The van der Waals surface area contributed by atoms with Crippen LogP contribution in [0.3, 0.4) is 0 Å². The normalized spacial score (nSPS) is 10.6. The Morgan fingerprint density at radius 1 is 0.839 bits per heavy atom. The molecule has 2 amide bonds. The van der Waals surface area contributed by atoms with Gasteiger partial charge in [0.15, 0.2) is 5.75 Å². The lowest BCUT2D eigenvalue weighted by Gasteiger charge is -2.17. The van der Waals surface area contributed by atoms with Crippen molar-refractivity contribution in [3.05, 3.63) is 82.8 Å². The molecule has 6 nitrogen and oxygen atoms in total. The van der Waals surface area contributed by atoms with Crippen LogP contribution in [-0.2, 0) is 9.59 Å². The fourth-order valence-corrected chi connectivity index (χ4v) is 3.15. The number of ether oxygens (including phenoxy) is 1. The molecule has 0 aliphatic carbocycles. The zero-order valence-corrected chi connectivity index (χ0v) is 18.3. The van der Waals surface area contributed by atoms with Gasteiger partial charge in [0.25, 0.3) is 0 Å². The van der Waals surface area contributed by atoms with Crippen LogP contribution in [0.1, 0.15) is 0 Å². The molecule has 31 heavy (non-hydrogen) atoms. The zero-order chi connectivity index (χ0) is 22.2. The number of nitrogens with one attached hydrogen (secondary N) is 2. The Bertz CT molecular complexity index is 1060. The highest BCUT2D eigenvalue weighted by atomic mass is 35.5. The Hall–Kier alpha value is -3.06. The summed E-state index contributed by atoms with van der Waals surface area (Å²) < 4.78 is 5.85. The highest BCUT2D eigenvalue weighted by molar-refractivity contribution is 6.33. The molecule has 0 saturated carbocycles. The van der Waals surface area contributed by atoms with Crippen LogP contribution >= 0.6 is 23.2 Å². The van der Waals surface area contributed by atoms with E-state index in [1.807, 2.05) is 30.3 Å². The summed E-state index contributed by atoms with van der Waals surface area (Å²) in [6, 6.07) is 21.1. The molecule has 0 fully saturated rings. The molecule has 0 saturated heterocycles. The molecule has 8 heteroatoms. The van der Waals surface area contributed by atoms with Crippen LogP contribution in [0.2, 0.25) is 10.0 Å². The maximum atomic E-state index is 12.5. The third-order valence-corrected chi connectivity index (χ3v) is 4.73. The fourth-order valence-electron chi connectivity index (χ4n) is 2.79. The molecule has 0 radical (unpaired) electrons. The van der Waals surface area contributed by atoms with Gasteiger partial charge in [-0.3, -0.25) is 14.5 Å². The quantitative estimate of drug-likeness (QED) is 0.481. The topological polar surface area (TPSA) is 70.7 Å². The minimum absolute atomic E-state index is 0.00671. The maximum Gasteiger partial charge on any atom is 0.238 e. The number of amides is 2. The van der Waals surface area contributed by atoms with Gasteiger partial charge in [0, 0.05) is 5.02 Å². The van der Waals surface area contributed by atoms with Crippen molar-refractivity contribution >= 4 is 46.4 Å². The zero-order valence-electron chi connectivity index (χ0n) is 16.8. The van der Waals surface area contributed by atoms with Crippen LogP contribution in [0.5, 0.6) is 11.5 Å². The smallest absolute Gasteiger partial charge is 0.238 e. The van der Waals surface area contributed by atoms with Gasteiger partial charge in [0.1, 0.15) is 5.75 Å². The van der Waals surface area contributed by atoms with E-state index in [9.17, 15) is 9.59 Å².